The summed E-state index contributed by atoms with van der Waals surface area (Å²) < 4.78 is 10.1. The summed E-state index contributed by atoms with van der Waals surface area (Å²) in [5.41, 5.74) is 0. The first-order chi connectivity index (χ1) is 3.81. The van der Waals surface area contributed by atoms with Gasteiger partial charge in [0.15, 0.2) is 6.29 Å². The van der Waals surface area contributed by atoms with Gasteiger partial charge in [0.25, 0.3) is 0 Å². The van der Waals surface area contributed by atoms with Gasteiger partial charge in [-0.05, 0) is 20.8 Å². The van der Waals surface area contributed by atoms with E-state index in [-0.39, 0.29) is 30.2 Å². The standard InChI is InChI=1S/C6H14O2.Sn.4H/c1-4-7-6(3)8-5-2;;;;;/h6H,4-5H2,1-3H3;;;;;. The van der Waals surface area contributed by atoms with Crippen LogP contribution in [0.3, 0.4) is 0 Å². The fraction of sp³-hybridized carbons (Fsp3) is 1.00. The average molecular weight is 241 g/mol. The Labute approximate surface area is 73.9 Å². The molecule has 0 bridgehead atoms. The molecule has 0 radical (unpaired) electrons. The molecule has 0 fully saturated rings. The van der Waals surface area contributed by atoms with Crippen LogP contribution in [0.1, 0.15) is 20.8 Å². The number of ether oxygens (including phenoxy) is 2. The Hall–Kier alpha value is 0.719. The number of rotatable bonds is 4. The molecule has 58 valence electrons. The normalized spacial score (nSPS) is 9.33. The summed E-state index contributed by atoms with van der Waals surface area (Å²) in [5, 5.41) is 0. The molecule has 0 rings (SSSR count). The molecule has 0 saturated carbocycles. The van der Waals surface area contributed by atoms with E-state index in [0.29, 0.717) is 0 Å². The van der Waals surface area contributed by atoms with Crippen molar-refractivity contribution in [2.45, 2.75) is 27.1 Å². The van der Waals surface area contributed by atoms with Crippen LogP contribution in [-0.4, -0.2) is 43.4 Å². The third kappa shape index (κ3) is 8.72. The van der Waals surface area contributed by atoms with Crippen molar-refractivity contribution in [3.63, 3.8) is 0 Å². The molecule has 0 aromatic rings. The monoisotopic (exact) mass is 242 g/mol. The van der Waals surface area contributed by atoms with E-state index < -0.39 is 0 Å². The molecule has 0 atom stereocenters. The summed E-state index contributed by atoms with van der Waals surface area (Å²) in [7, 11) is 0. The Morgan fingerprint density at radius 3 is 1.67 bits per heavy atom. The van der Waals surface area contributed by atoms with Crippen LogP contribution < -0.4 is 0 Å². The van der Waals surface area contributed by atoms with Gasteiger partial charge < -0.3 is 9.47 Å². The summed E-state index contributed by atoms with van der Waals surface area (Å²) in [6.07, 6.45) is -0.0370. The van der Waals surface area contributed by atoms with Crippen LogP contribution in [0.25, 0.3) is 0 Å². The molecule has 3 heteroatoms. The van der Waals surface area contributed by atoms with Gasteiger partial charge in [-0.25, -0.2) is 0 Å². The molecular formula is C6H18O2Sn. The van der Waals surface area contributed by atoms with Crippen LogP contribution in [-0.2, 0) is 9.47 Å². The minimum absolute atomic E-state index is 0. The van der Waals surface area contributed by atoms with Crippen LogP contribution >= 0.6 is 0 Å². The number of hydrogen-bond acceptors (Lipinski definition) is 2. The predicted octanol–water partition coefficient (Wildman–Crippen LogP) is -0.0462. The number of hydrogen-bond donors (Lipinski definition) is 0. The fourth-order valence-electron chi connectivity index (χ4n) is 0.518. The summed E-state index contributed by atoms with van der Waals surface area (Å²) in [6, 6.07) is 0. The molecule has 9 heavy (non-hydrogen) atoms. The van der Waals surface area contributed by atoms with Gasteiger partial charge in [-0.3, -0.25) is 0 Å². The van der Waals surface area contributed by atoms with Gasteiger partial charge in [-0.15, -0.1) is 0 Å². The van der Waals surface area contributed by atoms with E-state index in [9.17, 15) is 0 Å². The first-order valence-corrected chi connectivity index (χ1v) is 3.04. The molecular weight excluding hydrogens is 223 g/mol. The van der Waals surface area contributed by atoms with Crippen molar-refractivity contribution >= 4 is 23.9 Å². The molecule has 0 spiro atoms. The van der Waals surface area contributed by atoms with Gasteiger partial charge in [0.1, 0.15) is 0 Å². The van der Waals surface area contributed by atoms with Crippen LogP contribution in [0.15, 0.2) is 0 Å². The van der Waals surface area contributed by atoms with Crippen molar-refractivity contribution in [2.24, 2.45) is 0 Å². The Kier molecular flexibility index (Phi) is 12.0. The molecule has 2 nitrogen and oxygen atoms in total. The second-order valence-corrected chi connectivity index (χ2v) is 1.48. The SMILES string of the molecule is CCOC(C)OCC.[SnH4]. The van der Waals surface area contributed by atoms with E-state index in [1.54, 1.807) is 0 Å². The van der Waals surface area contributed by atoms with Crippen molar-refractivity contribution in [1.29, 1.82) is 0 Å². The van der Waals surface area contributed by atoms with Crippen LogP contribution in [0, 0.1) is 0 Å². The first kappa shape index (κ1) is 12.4. The summed E-state index contributed by atoms with van der Waals surface area (Å²) in [4.78, 5) is 0. The van der Waals surface area contributed by atoms with Crippen molar-refractivity contribution in [3.05, 3.63) is 0 Å². The molecule has 0 aliphatic carbocycles. The van der Waals surface area contributed by atoms with Gasteiger partial charge in [-0.1, -0.05) is 0 Å². The van der Waals surface area contributed by atoms with E-state index >= 15 is 0 Å². The van der Waals surface area contributed by atoms with Crippen molar-refractivity contribution in [2.75, 3.05) is 13.2 Å². The molecule has 0 aliphatic rings. The van der Waals surface area contributed by atoms with Gasteiger partial charge in [0, 0.05) is 13.2 Å². The molecule has 0 aromatic carbocycles. The molecule has 0 N–H and O–H groups in total. The van der Waals surface area contributed by atoms with Crippen LogP contribution in [0.5, 0.6) is 0 Å². The summed E-state index contributed by atoms with van der Waals surface area (Å²) in [6.45, 7) is 7.25. The zero-order valence-electron chi connectivity index (χ0n) is 5.81. The van der Waals surface area contributed by atoms with Gasteiger partial charge in [0.2, 0.25) is 0 Å². The van der Waals surface area contributed by atoms with Gasteiger partial charge in [0.05, 0.1) is 0 Å². The molecule has 0 heterocycles. The van der Waals surface area contributed by atoms with E-state index in [2.05, 4.69) is 0 Å². The Balaban J connectivity index is 0. The first-order valence-electron chi connectivity index (χ1n) is 3.04. The van der Waals surface area contributed by atoms with Gasteiger partial charge in [-0.2, -0.15) is 0 Å². The van der Waals surface area contributed by atoms with Crippen molar-refractivity contribution in [3.8, 4) is 0 Å². The second kappa shape index (κ2) is 8.72. The zero-order chi connectivity index (χ0) is 6.41. The third-order valence-corrected chi connectivity index (χ3v) is 0.803. The van der Waals surface area contributed by atoms with E-state index in [1.165, 1.54) is 0 Å². The average Bonchev–Trinajstić information content (AvgIpc) is 1.68. The fourth-order valence-corrected chi connectivity index (χ4v) is 0.518. The maximum atomic E-state index is 5.06. The Morgan fingerprint density at radius 1 is 1.11 bits per heavy atom. The van der Waals surface area contributed by atoms with E-state index in [4.69, 9.17) is 9.47 Å². The van der Waals surface area contributed by atoms with Crippen LogP contribution in [0.4, 0.5) is 0 Å². The van der Waals surface area contributed by atoms with Gasteiger partial charge >= 0.3 is 23.9 Å². The maximum absolute atomic E-state index is 5.06. The third-order valence-electron chi connectivity index (χ3n) is 0.803. The van der Waals surface area contributed by atoms with E-state index in [0.717, 1.165) is 13.2 Å². The molecule has 0 amide bonds. The Morgan fingerprint density at radius 2 is 1.44 bits per heavy atom. The Bertz CT molecular complexity index is 44.3. The predicted molar refractivity (Wildman–Crippen MR) is 44.0 cm³/mol. The zero-order valence-corrected chi connectivity index (χ0v) is 5.81. The molecule has 0 aromatic heterocycles. The van der Waals surface area contributed by atoms with Crippen molar-refractivity contribution in [1.82, 2.24) is 0 Å². The minimum atomic E-state index is -0.0370. The summed E-state index contributed by atoms with van der Waals surface area (Å²) >= 11 is 0. The molecule has 0 saturated heterocycles. The molecule has 0 unspecified atom stereocenters. The second-order valence-electron chi connectivity index (χ2n) is 1.48. The van der Waals surface area contributed by atoms with Crippen LogP contribution in [0.2, 0.25) is 0 Å². The molecule has 0 aliphatic heterocycles. The quantitative estimate of drug-likeness (QED) is 0.507. The van der Waals surface area contributed by atoms with Crippen molar-refractivity contribution < 1.29 is 9.47 Å². The van der Waals surface area contributed by atoms with E-state index in [1.807, 2.05) is 20.8 Å². The summed E-state index contributed by atoms with van der Waals surface area (Å²) in [5.74, 6) is 0. The topological polar surface area (TPSA) is 18.5 Å².